The summed E-state index contributed by atoms with van der Waals surface area (Å²) < 4.78 is 0. The fourth-order valence-electron chi connectivity index (χ4n) is 0.960. The van der Waals surface area contributed by atoms with Crippen LogP contribution in [-0.2, 0) is 0 Å². The van der Waals surface area contributed by atoms with Crippen LogP contribution in [0.3, 0.4) is 0 Å². The number of hydrogen-bond acceptors (Lipinski definition) is 0. The van der Waals surface area contributed by atoms with Gasteiger partial charge in [-0.25, -0.2) is 0 Å². The van der Waals surface area contributed by atoms with Crippen molar-refractivity contribution in [2.75, 3.05) is 0 Å². The summed E-state index contributed by atoms with van der Waals surface area (Å²) in [5.41, 5.74) is 1.40. The van der Waals surface area contributed by atoms with Gasteiger partial charge in [0.15, 0.2) is 0 Å². The van der Waals surface area contributed by atoms with E-state index in [9.17, 15) is 0 Å². The van der Waals surface area contributed by atoms with E-state index in [0.717, 1.165) is 6.42 Å². The van der Waals surface area contributed by atoms with Crippen LogP contribution >= 0.6 is 0 Å². The SMILES string of the molecule is C#CCC(C)CCC=C(C)C. The molecule has 11 heavy (non-hydrogen) atoms. The third-order valence-electron chi connectivity index (χ3n) is 1.68. The van der Waals surface area contributed by atoms with Crippen LogP contribution in [0.4, 0.5) is 0 Å². The Balaban J connectivity index is 3.40. The minimum Gasteiger partial charge on any atom is -0.120 e. The number of allylic oxidation sites excluding steroid dienone is 2. The van der Waals surface area contributed by atoms with E-state index < -0.39 is 0 Å². The Hall–Kier alpha value is -0.700. The number of terminal acetylenes is 1. The van der Waals surface area contributed by atoms with Gasteiger partial charge in [-0.1, -0.05) is 18.6 Å². The molecular formula is C11H18. The van der Waals surface area contributed by atoms with Crippen molar-refractivity contribution in [2.45, 2.75) is 40.0 Å². The second kappa shape index (κ2) is 6.04. The van der Waals surface area contributed by atoms with Gasteiger partial charge >= 0.3 is 0 Å². The average molecular weight is 150 g/mol. The third kappa shape index (κ3) is 7.19. The van der Waals surface area contributed by atoms with E-state index in [1.54, 1.807) is 0 Å². The van der Waals surface area contributed by atoms with Crippen LogP contribution in [0.2, 0.25) is 0 Å². The molecule has 0 aliphatic heterocycles. The Labute approximate surface area is 70.7 Å². The van der Waals surface area contributed by atoms with Gasteiger partial charge in [-0.15, -0.1) is 12.3 Å². The maximum Gasteiger partial charge on any atom is 0.0112 e. The molecule has 0 aliphatic rings. The van der Waals surface area contributed by atoms with Crippen molar-refractivity contribution >= 4 is 0 Å². The van der Waals surface area contributed by atoms with Gasteiger partial charge in [-0.2, -0.15) is 0 Å². The summed E-state index contributed by atoms with van der Waals surface area (Å²) in [7, 11) is 0. The molecule has 0 aromatic carbocycles. The van der Waals surface area contributed by atoms with Crippen molar-refractivity contribution in [3.63, 3.8) is 0 Å². The maximum atomic E-state index is 5.20. The molecule has 0 heteroatoms. The average Bonchev–Trinajstić information content (AvgIpc) is 1.87. The first-order valence-corrected chi connectivity index (χ1v) is 4.23. The first-order valence-electron chi connectivity index (χ1n) is 4.23. The normalized spacial score (nSPS) is 11.8. The summed E-state index contributed by atoms with van der Waals surface area (Å²) >= 11 is 0. The molecule has 62 valence electrons. The number of rotatable bonds is 4. The van der Waals surface area contributed by atoms with Crippen LogP contribution in [-0.4, -0.2) is 0 Å². The summed E-state index contributed by atoms with van der Waals surface area (Å²) in [5.74, 6) is 3.36. The molecule has 0 aromatic heterocycles. The highest BCUT2D eigenvalue weighted by Gasteiger charge is 1.96. The second-order valence-corrected chi connectivity index (χ2v) is 3.37. The molecule has 0 aromatic rings. The first-order chi connectivity index (χ1) is 5.16. The molecule has 0 saturated heterocycles. The summed E-state index contributed by atoms with van der Waals surface area (Å²) in [6.07, 6.45) is 10.8. The lowest BCUT2D eigenvalue weighted by molar-refractivity contribution is 0.553. The monoisotopic (exact) mass is 150 g/mol. The molecule has 1 atom stereocenters. The van der Waals surface area contributed by atoms with E-state index in [-0.39, 0.29) is 0 Å². The molecule has 1 unspecified atom stereocenters. The zero-order valence-corrected chi connectivity index (χ0v) is 7.85. The van der Waals surface area contributed by atoms with Crippen molar-refractivity contribution in [3.8, 4) is 12.3 Å². The molecule has 0 spiro atoms. The van der Waals surface area contributed by atoms with Gasteiger partial charge in [0.05, 0.1) is 0 Å². The van der Waals surface area contributed by atoms with Crippen LogP contribution < -0.4 is 0 Å². The Kier molecular flexibility index (Phi) is 5.65. The standard InChI is InChI=1S/C11H18/c1-5-7-11(4)9-6-8-10(2)3/h1,8,11H,6-7,9H2,2-4H3. The summed E-state index contributed by atoms with van der Waals surface area (Å²) in [6, 6.07) is 0. The van der Waals surface area contributed by atoms with Gasteiger partial charge in [0.2, 0.25) is 0 Å². The second-order valence-electron chi connectivity index (χ2n) is 3.37. The van der Waals surface area contributed by atoms with Crippen LogP contribution in [0, 0.1) is 18.3 Å². The van der Waals surface area contributed by atoms with Crippen LogP contribution in [0.15, 0.2) is 11.6 Å². The molecule has 0 nitrogen and oxygen atoms in total. The van der Waals surface area contributed by atoms with Crippen molar-refractivity contribution in [1.29, 1.82) is 0 Å². The zero-order chi connectivity index (χ0) is 8.69. The zero-order valence-electron chi connectivity index (χ0n) is 7.85. The summed E-state index contributed by atoms with van der Waals surface area (Å²) in [4.78, 5) is 0. The Bertz CT molecular complexity index is 153. The highest BCUT2D eigenvalue weighted by Crippen LogP contribution is 2.10. The first kappa shape index (κ1) is 10.3. The van der Waals surface area contributed by atoms with Crippen molar-refractivity contribution in [2.24, 2.45) is 5.92 Å². The topological polar surface area (TPSA) is 0 Å². The minimum atomic E-state index is 0.676. The molecular weight excluding hydrogens is 132 g/mol. The lowest BCUT2D eigenvalue weighted by Gasteiger charge is -2.03. The van der Waals surface area contributed by atoms with E-state index in [1.807, 2.05) is 0 Å². The number of hydrogen-bond donors (Lipinski definition) is 0. The highest BCUT2D eigenvalue weighted by atomic mass is 14.0. The minimum absolute atomic E-state index is 0.676. The van der Waals surface area contributed by atoms with Crippen molar-refractivity contribution in [1.82, 2.24) is 0 Å². The third-order valence-corrected chi connectivity index (χ3v) is 1.68. The fourth-order valence-corrected chi connectivity index (χ4v) is 0.960. The maximum absolute atomic E-state index is 5.20. The molecule has 0 N–H and O–H groups in total. The quantitative estimate of drug-likeness (QED) is 0.425. The van der Waals surface area contributed by atoms with Crippen LogP contribution in [0.1, 0.15) is 40.0 Å². The molecule has 0 heterocycles. The molecule has 0 bridgehead atoms. The van der Waals surface area contributed by atoms with E-state index >= 15 is 0 Å². The van der Waals surface area contributed by atoms with Crippen molar-refractivity contribution < 1.29 is 0 Å². The van der Waals surface area contributed by atoms with Gasteiger partial charge in [0.1, 0.15) is 0 Å². The van der Waals surface area contributed by atoms with E-state index in [4.69, 9.17) is 6.42 Å². The van der Waals surface area contributed by atoms with E-state index in [0.29, 0.717) is 5.92 Å². The summed E-state index contributed by atoms with van der Waals surface area (Å²) in [5, 5.41) is 0. The largest absolute Gasteiger partial charge is 0.120 e. The molecule has 0 saturated carbocycles. The smallest absolute Gasteiger partial charge is 0.0112 e. The highest BCUT2D eigenvalue weighted by molar-refractivity contribution is 4.93. The Morgan fingerprint density at radius 3 is 2.64 bits per heavy atom. The molecule has 0 radical (unpaired) electrons. The van der Waals surface area contributed by atoms with E-state index in [2.05, 4.69) is 32.8 Å². The Morgan fingerprint density at radius 1 is 1.55 bits per heavy atom. The van der Waals surface area contributed by atoms with Gasteiger partial charge < -0.3 is 0 Å². The lowest BCUT2D eigenvalue weighted by Crippen LogP contribution is -1.91. The van der Waals surface area contributed by atoms with Crippen molar-refractivity contribution in [3.05, 3.63) is 11.6 Å². The van der Waals surface area contributed by atoms with Crippen LogP contribution in [0.25, 0.3) is 0 Å². The van der Waals surface area contributed by atoms with Gasteiger partial charge in [-0.05, 0) is 32.6 Å². The summed E-state index contributed by atoms with van der Waals surface area (Å²) in [6.45, 7) is 6.47. The van der Waals surface area contributed by atoms with E-state index in [1.165, 1.54) is 18.4 Å². The fraction of sp³-hybridized carbons (Fsp3) is 0.636. The molecule has 0 amide bonds. The lowest BCUT2D eigenvalue weighted by atomic mass is 10.0. The van der Waals surface area contributed by atoms with Gasteiger partial charge in [-0.3, -0.25) is 0 Å². The molecule has 0 aliphatic carbocycles. The van der Waals surface area contributed by atoms with Gasteiger partial charge in [0.25, 0.3) is 0 Å². The Morgan fingerprint density at radius 2 is 2.18 bits per heavy atom. The molecule has 0 fully saturated rings. The predicted molar refractivity (Wildman–Crippen MR) is 51.3 cm³/mol. The van der Waals surface area contributed by atoms with Gasteiger partial charge in [0, 0.05) is 6.42 Å². The van der Waals surface area contributed by atoms with Crippen LogP contribution in [0.5, 0.6) is 0 Å². The predicted octanol–water partition coefficient (Wildman–Crippen LogP) is 3.39. The molecule has 0 rings (SSSR count).